The van der Waals surface area contributed by atoms with Crippen LogP contribution in [0.1, 0.15) is 23.7 Å². The van der Waals surface area contributed by atoms with Gasteiger partial charge in [-0.25, -0.2) is 9.59 Å². The number of fused-ring (bicyclic) bond motifs is 1. The molecular weight excluding hydrogens is 414 g/mol. The van der Waals surface area contributed by atoms with Gasteiger partial charge in [0.15, 0.2) is 0 Å². The van der Waals surface area contributed by atoms with E-state index in [2.05, 4.69) is 16.0 Å². The Morgan fingerprint density at radius 1 is 1.31 bits per heavy atom. The van der Waals surface area contributed by atoms with E-state index >= 15 is 0 Å². The molecule has 4 rings (SSSR count). The van der Waals surface area contributed by atoms with Crippen molar-refractivity contribution in [3.8, 4) is 23.4 Å². The molecule has 3 heterocycles. The largest absolute Gasteiger partial charge is 0.473 e. The van der Waals surface area contributed by atoms with Gasteiger partial charge in [-0.05, 0) is 37.6 Å². The van der Waals surface area contributed by atoms with E-state index < -0.39 is 11.8 Å². The van der Waals surface area contributed by atoms with Crippen LogP contribution in [0.3, 0.4) is 0 Å². The van der Waals surface area contributed by atoms with Crippen LogP contribution < -0.4 is 20.1 Å². The molecule has 1 amide bonds. The molecule has 3 aromatic rings. The monoisotopic (exact) mass is 433 g/mol. The van der Waals surface area contributed by atoms with Crippen LogP contribution in [0.4, 0.5) is 10.6 Å². The second-order valence-electron chi connectivity index (χ2n) is 7.31. The first-order chi connectivity index (χ1) is 15.4. The van der Waals surface area contributed by atoms with Crippen LogP contribution in [-0.4, -0.2) is 31.8 Å². The van der Waals surface area contributed by atoms with Crippen LogP contribution in [0.5, 0.6) is 17.4 Å². The lowest BCUT2D eigenvalue weighted by molar-refractivity contribution is 0.200. The summed E-state index contributed by atoms with van der Waals surface area (Å²) in [5, 5.41) is 18.9. The Morgan fingerprint density at radius 3 is 2.84 bits per heavy atom. The molecule has 0 radical (unpaired) electrons. The van der Waals surface area contributed by atoms with Crippen molar-refractivity contribution in [2.45, 2.75) is 33.0 Å². The second-order valence-corrected chi connectivity index (χ2v) is 7.31. The minimum atomic E-state index is -1.15. The number of pyridine rings is 1. The second kappa shape index (κ2) is 8.39. The van der Waals surface area contributed by atoms with Crippen LogP contribution in [0.15, 0.2) is 47.4 Å². The molecule has 1 aliphatic heterocycles. The number of hydrogen-bond acceptors (Lipinski definition) is 7. The number of amides is 1. The van der Waals surface area contributed by atoms with Gasteiger partial charge in [0.05, 0.1) is 11.6 Å². The summed E-state index contributed by atoms with van der Waals surface area (Å²) in [4.78, 5) is 32.9. The summed E-state index contributed by atoms with van der Waals surface area (Å²) in [6.07, 6.45) is 0.469. The number of benzene rings is 1. The maximum Gasteiger partial charge on any atom is 0.413 e. The number of rotatable bonds is 5. The number of nitriles is 1. The first-order valence-electron chi connectivity index (χ1n) is 9.76. The van der Waals surface area contributed by atoms with Crippen LogP contribution in [0.2, 0.25) is 0 Å². The molecule has 0 aliphatic carbocycles. The Bertz CT molecular complexity index is 1300. The van der Waals surface area contributed by atoms with E-state index in [1.54, 1.807) is 43.5 Å². The van der Waals surface area contributed by atoms with Crippen molar-refractivity contribution < 1.29 is 19.4 Å². The van der Waals surface area contributed by atoms with E-state index in [0.717, 1.165) is 10.6 Å². The summed E-state index contributed by atoms with van der Waals surface area (Å²) in [5.41, 5.74) is 1.18. The summed E-state index contributed by atoms with van der Waals surface area (Å²) < 4.78 is 12.7. The third kappa shape index (κ3) is 4.09. The predicted molar refractivity (Wildman–Crippen MR) is 113 cm³/mol. The molecule has 162 valence electrons. The van der Waals surface area contributed by atoms with Gasteiger partial charge >= 0.3 is 11.8 Å². The predicted octanol–water partition coefficient (Wildman–Crippen LogP) is 3.08. The van der Waals surface area contributed by atoms with Gasteiger partial charge in [0.1, 0.15) is 30.0 Å². The van der Waals surface area contributed by atoms with E-state index in [-0.39, 0.29) is 30.9 Å². The summed E-state index contributed by atoms with van der Waals surface area (Å²) in [6.45, 7) is 3.81. The molecule has 1 atom stereocenters. The summed E-state index contributed by atoms with van der Waals surface area (Å²) in [7, 11) is 0. The molecule has 1 aromatic carbocycles. The summed E-state index contributed by atoms with van der Waals surface area (Å²) >= 11 is 0. The van der Waals surface area contributed by atoms with Crippen LogP contribution >= 0.6 is 0 Å². The number of carbonyl (C=O) groups is 1. The lowest BCUT2D eigenvalue weighted by Crippen LogP contribution is -2.34. The maximum absolute atomic E-state index is 12.3. The molecule has 10 nitrogen and oxygen atoms in total. The Hall–Kier alpha value is -4.39. The highest BCUT2D eigenvalue weighted by Crippen LogP contribution is 2.28. The fourth-order valence-corrected chi connectivity index (χ4v) is 3.49. The van der Waals surface area contributed by atoms with E-state index in [9.17, 15) is 20.0 Å². The number of hydrogen-bond donors (Lipinski definition) is 1. The van der Waals surface area contributed by atoms with E-state index in [4.69, 9.17) is 9.47 Å². The third-order valence-corrected chi connectivity index (χ3v) is 4.95. The normalized spacial score (nSPS) is 14.5. The van der Waals surface area contributed by atoms with Crippen LogP contribution in [0, 0.1) is 18.3 Å². The lowest BCUT2D eigenvalue weighted by atomic mass is 10.1. The third-order valence-electron chi connectivity index (χ3n) is 4.95. The molecule has 0 bridgehead atoms. The summed E-state index contributed by atoms with van der Waals surface area (Å²) in [6, 6.07) is 11.6. The number of carboxylic acid groups (broad SMARTS) is 1. The van der Waals surface area contributed by atoms with Crippen molar-refractivity contribution >= 4 is 11.9 Å². The molecule has 0 saturated carbocycles. The standard InChI is InChI=1S/C22H19N5O5/c1-13-7-17(5-6-24-13)32-18-4-3-15(8-16(18)10-23)12-31-19-9-20-26(21(28)25-19)11-14(2)27(20)22(29)30/h3-9,14H,11-12H2,1-2H3,(H,29,30). The van der Waals surface area contributed by atoms with E-state index in [1.165, 1.54) is 10.6 Å². The number of aromatic nitrogens is 3. The van der Waals surface area contributed by atoms with Crippen LogP contribution in [-0.2, 0) is 13.2 Å². The van der Waals surface area contributed by atoms with Crippen molar-refractivity contribution in [3.63, 3.8) is 0 Å². The molecule has 2 aromatic heterocycles. The number of nitrogens with zero attached hydrogens (tertiary/aromatic N) is 5. The zero-order valence-corrected chi connectivity index (χ0v) is 17.3. The first-order valence-corrected chi connectivity index (χ1v) is 9.76. The molecule has 0 fully saturated rings. The zero-order chi connectivity index (χ0) is 22.8. The quantitative estimate of drug-likeness (QED) is 0.650. The minimum absolute atomic E-state index is 0.00712. The number of anilines is 1. The molecule has 1 N–H and O–H groups in total. The topological polar surface area (TPSA) is 131 Å². The van der Waals surface area contributed by atoms with Gasteiger partial charge < -0.3 is 14.6 Å². The molecule has 1 aliphatic rings. The average Bonchev–Trinajstić information content (AvgIpc) is 3.09. The average molecular weight is 433 g/mol. The molecule has 10 heteroatoms. The highest BCUT2D eigenvalue weighted by molar-refractivity contribution is 5.86. The SMILES string of the molecule is Cc1cc(Oc2ccc(COc3cc4n(c(=O)n3)CC(C)N4C(=O)O)cc2C#N)ccn1. The number of aryl methyl sites for hydroxylation is 1. The van der Waals surface area contributed by atoms with E-state index in [0.29, 0.717) is 22.6 Å². The van der Waals surface area contributed by atoms with Gasteiger partial charge in [-0.15, -0.1) is 0 Å². The smallest absolute Gasteiger partial charge is 0.413 e. The molecule has 0 spiro atoms. The zero-order valence-electron chi connectivity index (χ0n) is 17.3. The van der Waals surface area contributed by atoms with Crippen molar-refractivity contribution in [1.82, 2.24) is 14.5 Å². The van der Waals surface area contributed by atoms with E-state index in [1.807, 2.05) is 6.92 Å². The molecule has 32 heavy (non-hydrogen) atoms. The van der Waals surface area contributed by atoms with Gasteiger partial charge in [0.2, 0.25) is 5.88 Å². The maximum atomic E-state index is 12.3. The Kier molecular flexibility index (Phi) is 5.47. The van der Waals surface area contributed by atoms with Gasteiger partial charge in [0, 0.05) is 30.6 Å². The fourth-order valence-electron chi connectivity index (χ4n) is 3.49. The van der Waals surface area contributed by atoms with Gasteiger partial charge in [-0.2, -0.15) is 10.2 Å². The van der Waals surface area contributed by atoms with Gasteiger partial charge in [0.25, 0.3) is 0 Å². The van der Waals surface area contributed by atoms with Gasteiger partial charge in [-0.3, -0.25) is 14.5 Å². The summed E-state index contributed by atoms with van der Waals surface area (Å²) in [5.74, 6) is 1.18. The number of ether oxygens (including phenoxy) is 2. The van der Waals surface area contributed by atoms with Crippen molar-refractivity contribution in [2.75, 3.05) is 4.90 Å². The van der Waals surface area contributed by atoms with Crippen molar-refractivity contribution in [2.24, 2.45) is 0 Å². The Labute approximate surface area is 182 Å². The van der Waals surface area contributed by atoms with Gasteiger partial charge in [-0.1, -0.05) is 6.07 Å². The highest BCUT2D eigenvalue weighted by Gasteiger charge is 2.32. The van der Waals surface area contributed by atoms with Crippen LogP contribution in [0.25, 0.3) is 0 Å². The van der Waals surface area contributed by atoms with Crippen molar-refractivity contribution in [1.29, 1.82) is 5.26 Å². The lowest BCUT2D eigenvalue weighted by Gasteiger charge is -2.17. The highest BCUT2D eigenvalue weighted by atomic mass is 16.5. The first kappa shape index (κ1) is 20.9. The molecule has 0 saturated heterocycles. The minimum Gasteiger partial charge on any atom is -0.473 e. The fraction of sp³-hybridized carbons (Fsp3) is 0.227. The Balaban J connectivity index is 1.52. The Morgan fingerprint density at radius 2 is 2.12 bits per heavy atom. The molecular formula is C22H19N5O5. The van der Waals surface area contributed by atoms with Crippen molar-refractivity contribution in [3.05, 3.63) is 69.9 Å². The molecule has 1 unspecified atom stereocenters.